The molecule has 1 rings (SSSR count). The molecular formula is C18H36N4O3. The minimum absolute atomic E-state index is 0.0549. The van der Waals surface area contributed by atoms with E-state index in [1.54, 1.807) is 7.05 Å². The van der Waals surface area contributed by atoms with E-state index in [9.17, 15) is 4.79 Å². The van der Waals surface area contributed by atoms with E-state index in [1.807, 2.05) is 18.7 Å². The number of aliphatic imine (C=N–C) groups is 1. The van der Waals surface area contributed by atoms with Crippen LogP contribution in [0, 0.1) is 5.92 Å². The molecule has 0 aromatic heterocycles. The van der Waals surface area contributed by atoms with Gasteiger partial charge in [0.05, 0.1) is 19.8 Å². The van der Waals surface area contributed by atoms with Gasteiger partial charge >= 0.3 is 0 Å². The number of nitrogens with one attached hydrogen (secondary N) is 2. The Kier molecular flexibility index (Phi) is 11.2. The van der Waals surface area contributed by atoms with Gasteiger partial charge in [-0.25, -0.2) is 0 Å². The summed E-state index contributed by atoms with van der Waals surface area (Å²) in [6, 6.07) is 0.252. The van der Waals surface area contributed by atoms with Gasteiger partial charge in [-0.3, -0.25) is 9.79 Å². The van der Waals surface area contributed by atoms with Crippen molar-refractivity contribution in [3.63, 3.8) is 0 Å². The predicted octanol–water partition coefficient (Wildman–Crippen LogP) is 1.24. The van der Waals surface area contributed by atoms with Crippen LogP contribution in [-0.4, -0.2) is 75.9 Å². The van der Waals surface area contributed by atoms with Crippen molar-refractivity contribution in [3.8, 4) is 0 Å². The minimum atomic E-state index is 0.0549. The van der Waals surface area contributed by atoms with Crippen LogP contribution >= 0.6 is 0 Å². The second-order valence-corrected chi connectivity index (χ2v) is 6.65. The molecule has 0 radical (unpaired) electrons. The highest BCUT2D eigenvalue weighted by molar-refractivity contribution is 5.81. The molecule has 7 heteroatoms. The lowest BCUT2D eigenvalue weighted by atomic mass is 10.2. The van der Waals surface area contributed by atoms with Gasteiger partial charge in [0, 0.05) is 45.2 Å². The van der Waals surface area contributed by atoms with Crippen molar-refractivity contribution in [2.45, 2.75) is 46.1 Å². The first-order chi connectivity index (χ1) is 12.1. The summed E-state index contributed by atoms with van der Waals surface area (Å²) in [7, 11) is 1.75. The van der Waals surface area contributed by atoms with Crippen LogP contribution in [0.3, 0.4) is 0 Å². The molecule has 0 aromatic carbocycles. The average molecular weight is 357 g/mol. The van der Waals surface area contributed by atoms with Crippen LogP contribution in [0.15, 0.2) is 4.99 Å². The van der Waals surface area contributed by atoms with E-state index in [2.05, 4.69) is 22.5 Å². The highest BCUT2D eigenvalue weighted by atomic mass is 16.5. The van der Waals surface area contributed by atoms with Crippen LogP contribution in [0.4, 0.5) is 0 Å². The van der Waals surface area contributed by atoms with E-state index in [1.165, 1.54) is 0 Å². The zero-order valence-electron chi connectivity index (χ0n) is 16.3. The van der Waals surface area contributed by atoms with Crippen LogP contribution in [0.2, 0.25) is 0 Å². The van der Waals surface area contributed by atoms with Crippen LogP contribution in [0.25, 0.3) is 0 Å². The maximum absolute atomic E-state index is 12.0. The third-order valence-electron chi connectivity index (χ3n) is 4.11. The lowest BCUT2D eigenvalue weighted by molar-refractivity contribution is -0.133. The molecule has 1 atom stereocenters. The summed E-state index contributed by atoms with van der Waals surface area (Å²) in [4.78, 5) is 18.2. The molecule has 0 saturated carbocycles. The molecule has 0 aliphatic carbocycles. The largest absolute Gasteiger partial charge is 0.379 e. The summed E-state index contributed by atoms with van der Waals surface area (Å²) >= 11 is 0. The number of hydrogen-bond acceptors (Lipinski definition) is 4. The van der Waals surface area contributed by atoms with Crippen molar-refractivity contribution in [2.75, 3.05) is 53.1 Å². The van der Waals surface area contributed by atoms with Crippen LogP contribution in [0.1, 0.15) is 40.0 Å². The number of amides is 1. The molecule has 1 fully saturated rings. The van der Waals surface area contributed by atoms with E-state index < -0.39 is 0 Å². The van der Waals surface area contributed by atoms with Crippen LogP contribution in [0.5, 0.6) is 0 Å². The normalized spacial score (nSPS) is 18.0. The van der Waals surface area contributed by atoms with Gasteiger partial charge in [-0.15, -0.1) is 0 Å². The van der Waals surface area contributed by atoms with Gasteiger partial charge in [0.15, 0.2) is 5.96 Å². The highest BCUT2D eigenvalue weighted by Crippen LogP contribution is 2.12. The number of guanidine groups is 1. The zero-order chi connectivity index (χ0) is 18.5. The van der Waals surface area contributed by atoms with Crippen molar-refractivity contribution in [3.05, 3.63) is 0 Å². The number of rotatable bonds is 11. The number of carbonyl (C=O) groups is 1. The van der Waals surface area contributed by atoms with Gasteiger partial charge in [-0.1, -0.05) is 27.2 Å². The number of unbranched alkanes of at least 4 members (excludes halogenated alkanes) is 1. The highest BCUT2D eigenvalue weighted by Gasteiger charge is 2.27. The number of likely N-dealkylation sites (tertiary alicyclic amines) is 1. The fourth-order valence-corrected chi connectivity index (χ4v) is 2.64. The fourth-order valence-electron chi connectivity index (χ4n) is 2.64. The molecule has 0 bridgehead atoms. The molecular weight excluding hydrogens is 320 g/mol. The smallest absolute Gasteiger partial charge is 0.225 e. The summed E-state index contributed by atoms with van der Waals surface area (Å²) in [5.74, 6) is 1.03. The van der Waals surface area contributed by atoms with Gasteiger partial charge < -0.3 is 25.0 Å². The molecule has 0 spiro atoms. The summed E-state index contributed by atoms with van der Waals surface area (Å²) < 4.78 is 11.0. The molecule has 146 valence electrons. The first kappa shape index (κ1) is 21.7. The summed E-state index contributed by atoms with van der Waals surface area (Å²) in [5, 5.41) is 6.62. The van der Waals surface area contributed by atoms with Crippen LogP contribution < -0.4 is 10.6 Å². The average Bonchev–Trinajstić information content (AvgIpc) is 3.06. The molecule has 1 aliphatic rings. The maximum atomic E-state index is 12.0. The Labute approximate surface area is 152 Å². The molecule has 1 saturated heterocycles. The van der Waals surface area contributed by atoms with Crippen molar-refractivity contribution < 1.29 is 14.3 Å². The van der Waals surface area contributed by atoms with Crippen molar-refractivity contribution in [1.82, 2.24) is 15.5 Å². The lowest BCUT2D eigenvalue weighted by Gasteiger charge is -2.20. The fraction of sp³-hybridized carbons (Fsp3) is 0.889. The standard InChI is InChI=1S/C18H36N4O3/c1-5-6-10-24-12-13-25-11-8-20-18(19-4)21-16-7-9-22(14-16)17(23)15(2)3/h15-16H,5-14H2,1-4H3,(H2,19,20,21). The first-order valence-electron chi connectivity index (χ1n) is 9.49. The third kappa shape index (κ3) is 9.07. The summed E-state index contributed by atoms with van der Waals surface area (Å²) in [6.45, 7) is 11.0. The second-order valence-electron chi connectivity index (χ2n) is 6.65. The first-order valence-corrected chi connectivity index (χ1v) is 9.49. The lowest BCUT2D eigenvalue weighted by Crippen LogP contribution is -2.46. The minimum Gasteiger partial charge on any atom is -0.379 e. The van der Waals surface area contributed by atoms with Crippen molar-refractivity contribution in [2.24, 2.45) is 10.9 Å². The molecule has 1 amide bonds. The Hall–Kier alpha value is -1.34. The van der Waals surface area contributed by atoms with Gasteiger partial charge in [0.2, 0.25) is 5.91 Å². The maximum Gasteiger partial charge on any atom is 0.225 e. The van der Waals surface area contributed by atoms with Crippen LogP contribution in [-0.2, 0) is 14.3 Å². The number of nitrogens with zero attached hydrogens (tertiary/aromatic N) is 2. The van der Waals surface area contributed by atoms with Crippen molar-refractivity contribution in [1.29, 1.82) is 0 Å². The predicted molar refractivity (Wildman–Crippen MR) is 101 cm³/mol. The summed E-state index contributed by atoms with van der Waals surface area (Å²) in [6.07, 6.45) is 3.21. The molecule has 7 nitrogen and oxygen atoms in total. The Morgan fingerprint density at radius 2 is 1.96 bits per heavy atom. The molecule has 1 unspecified atom stereocenters. The van der Waals surface area contributed by atoms with E-state index in [0.717, 1.165) is 44.9 Å². The van der Waals surface area contributed by atoms with Crippen molar-refractivity contribution >= 4 is 11.9 Å². The zero-order valence-corrected chi connectivity index (χ0v) is 16.3. The van der Waals surface area contributed by atoms with E-state index in [-0.39, 0.29) is 17.9 Å². The molecule has 0 aromatic rings. The quantitative estimate of drug-likeness (QED) is 0.331. The monoisotopic (exact) mass is 356 g/mol. The van der Waals surface area contributed by atoms with E-state index in [0.29, 0.717) is 26.4 Å². The Morgan fingerprint density at radius 1 is 1.24 bits per heavy atom. The molecule has 2 N–H and O–H groups in total. The number of carbonyl (C=O) groups excluding carboxylic acids is 1. The molecule has 1 heterocycles. The van der Waals surface area contributed by atoms with Gasteiger partial charge in [0.1, 0.15) is 0 Å². The van der Waals surface area contributed by atoms with E-state index in [4.69, 9.17) is 9.47 Å². The third-order valence-corrected chi connectivity index (χ3v) is 4.11. The summed E-state index contributed by atoms with van der Waals surface area (Å²) in [5.41, 5.74) is 0. The van der Waals surface area contributed by atoms with Gasteiger partial charge in [0.25, 0.3) is 0 Å². The van der Waals surface area contributed by atoms with Gasteiger partial charge in [-0.05, 0) is 12.8 Å². The SMILES string of the molecule is CCCCOCCOCCNC(=NC)NC1CCN(C(=O)C(C)C)C1. The topological polar surface area (TPSA) is 75.2 Å². The molecule has 25 heavy (non-hydrogen) atoms. The Morgan fingerprint density at radius 3 is 2.60 bits per heavy atom. The Bertz CT molecular complexity index is 402. The van der Waals surface area contributed by atoms with E-state index >= 15 is 0 Å². The number of ether oxygens (including phenoxy) is 2. The second kappa shape index (κ2) is 12.9. The Balaban J connectivity index is 2.10. The van der Waals surface area contributed by atoms with Gasteiger partial charge in [-0.2, -0.15) is 0 Å². The number of hydrogen-bond donors (Lipinski definition) is 2. The molecule has 1 aliphatic heterocycles.